The predicted molar refractivity (Wildman–Crippen MR) is 176 cm³/mol. The molecule has 2 amide bonds. The molecule has 2 atom stereocenters. The van der Waals surface area contributed by atoms with E-state index in [2.05, 4.69) is 5.32 Å². The summed E-state index contributed by atoms with van der Waals surface area (Å²) in [7, 11) is -4.16. The molecule has 230 valence electrons. The van der Waals surface area contributed by atoms with Gasteiger partial charge in [-0.05, 0) is 67.8 Å². The zero-order valence-electron chi connectivity index (χ0n) is 25.2. The molecule has 0 fully saturated rings. The lowest BCUT2D eigenvalue weighted by molar-refractivity contribution is -0.140. The standard InChI is InChI=1S/C35H38ClN3O4S/c1-4-27(3)37-35(41)33(23-28-13-7-5-8-14-28)38(24-29-15-11-12-26(2)22-29)34(40)25-39(31-20-18-30(36)19-21-31)44(42,43)32-16-9-6-10-17-32/h5-22,27,33H,4,23-25H2,1-3H3,(H,37,41)/t27-,33+/m1/s1. The van der Waals surface area contributed by atoms with Crippen molar-refractivity contribution in [1.82, 2.24) is 10.2 Å². The molecule has 0 heterocycles. The van der Waals surface area contributed by atoms with E-state index >= 15 is 0 Å². The number of hydrogen-bond donors (Lipinski definition) is 1. The summed E-state index contributed by atoms with van der Waals surface area (Å²) >= 11 is 6.13. The molecule has 9 heteroatoms. The van der Waals surface area contributed by atoms with Gasteiger partial charge in [0.1, 0.15) is 12.6 Å². The van der Waals surface area contributed by atoms with E-state index < -0.39 is 28.5 Å². The highest BCUT2D eigenvalue weighted by Crippen LogP contribution is 2.26. The highest BCUT2D eigenvalue weighted by atomic mass is 35.5. The number of benzene rings is 4. The number of anilines is 1. The summed E-state index contributed by atoms with van der Waals surface area (Å²) in [6.45, 7) is 5.45. The van der Waals surface area contributed by atoms with E-state index in [4.69, 9.17) is 11.6 Å². The van der Waals surface area contributed by atoms with Gasteiger partial charge in [0.05, 0.1) is 10.6 Å². The van der Waals surface area contributed by atoms with Gasteiger partial charge in [-0.1, -0.05) is 96.9 Å². The van der Waals surface area contributed by atoms with Gasteiger partial charge in [0, 0.05) is 24.0 Å². The smallest absolute Gasteiger partial charge is 0.264 e. The van der Waals surface area contributed by atoms with E-state index in [1.807, 2.05) is 75.4 Å². The van der Waals surface area contributed by atoms with Gasteiger partial charge in [-0.15, -0.1) is 0 Å². The first-order valence-corrected chi connectivity index (χ1v) is 16.4. The van der Waals surface area contributed by atoms with Crippen LogP contribution in [0, 0.1) is 6.92 Å². The Hall–Kier alpha value is -4.14. The molecule has 0 unspecified atom stereocenters. The highest BCUT2D eigenvalue weighted by Gasteiger charge is 2.35. The van der Waals surface area contributed by atoms with Gasteiger partial charge in [0.2, 0.25) is 11.8 Å². The Labute approximate surface area is 265 Å². The SMILES string of the molecule is CC[C@@H](C)NC(=O)[C@H](Cc1ccccc1)N(Cc1cccc(C)c1)C(=O)CN(c1ccc(Cl)cc1)S(=O)(=O)c1ccccc1. The fraction of sp³-hybridized carbons (Fsp3) is 0.257. The fourth-order valence-electron chi connectivity index (χ4n) is 4.86. The quantitative estimate of drug-likeness (QED) is 0.185. The first-order chi connectivity index (χ1) is 21.1. The lowest BCUT2D eigenvalue weighted by Crippen LogP contribution is -2.54. The van der Waals surface area contributed by atoms with E-state index in [9.17, 15) is 18.0 Å². The minimum absolute atomic E-state index is 0.0448. The summed E-state index contributed by atoms with van der Waals surface area (Å²) in [6.07, 6.45) is 0.975. The molecule has 44 heavy (non-hydrogen) atoms. The number of amides is 2. The molecule has 4 aromatic carbocycles. The first kappa shape index (κ1) is 32.8. The van der Waals surface area contributed by atoms with Gasteiger partial charge in [0.25, 0.3) is 10.0 Å². The third-order valence-corrected chi connectivity index (χ3v) is 9.47. The number of aryl methyl sites for hydroxylation is 1. The molecule has 0 spiro atoms. The zero-order valence-corrected chi connectivity index (χ0v) is 26.8. The fourth-order valence-corrected chi connectivity index (χ4v) is 6.42. The number of halogens is 1. The second-order valence-corrected chi connectivity index (χ2v) is 13.1. The van der Waals surface area contributed by atoms with Crippen LogP contribution in [0.25, 0.3) is 0 Å². The first-order valence-electron chi connectivity index (χ1n) is 14.6. The van der Waals surface area contributed by atoms with Crippen LogP contribution in [-0.4, -0.2) is 43.8 Å². The number of carbonyl (C=O) groups excluding carboxylic acids is 2. The van der Waals surface area contributed by atoms with Crippen LogP contribution < -0.4 is 9.62 Å². The number of nitrogens with one attached hydrogen (secondary N) is 1. The number of carbonyl (C=O) groups is 2. The lowest BCUT2D eigenvalue weighted by Gasteiger charge is -2.34. The van der Waals surface area contributed by atoms with Gasteiger partial charge in [-0.25, -0.2) is 8.42 Å². The van der Waals surface area contributed by atoms with E-state index in [0.717, 1.165) is 27.4 Å². The van der Waals surface area contributed by atoms with E-state index in [-0.39, 0.29) is 35.5 Å². The number of hydrogen-bond acceptors (Lipinski definition) is 4. The van der Waals surface area contributed by atoms with Crippen molar-refractivity contribution in [2.24, 2.45) is 0 Å². The summed E-state index contributed by atoms with van der Waals surface area (Å²) in [6, 6.07) is 30.5. The molecule has 0 saturated carbocycles. The molecule has 0 aliphatic carbocycles. The van der Waals surface area contributed by atoms with Crippen molar-refractivity contribution in [1.29, 1.82) is 0 Å². The Balaban J connectivity index is 1.80. The van der Waals surface area contributed by atoms with Gasteiger partial charge < -0.3 is 10.2 Å². The minimum atomic E-state index is -4.16. The summed E-state index contributed by atoms with van der Waals surface area (Å²) in [5.41, 5.74) is 3.00. The molecular weight excluding hydrogens is 594 g/mol. The van der Waals surface area contributed by atoms with Gasteiger partial charge in [0.15, 0.2) is 0 Å². The zero-order chi connectivity index (χ0) is 31.7. The highest BCUT2D eigenvalue weighted by molar-refractivity contribution is 7.92. The lowest BCUT2D eigenvalue weighted by atomic mass is 10.0. The normalized spacial score (nSPS) is 12.6. The van der Waals surface area contributed by atoms with Crippen molar-refractivity contribution in [2.45, 2.75) is 57.1 Å². The Morgan fingerprint density at radius 2 is 1.45 bits per heavy atom. The van der Waals surface area contributed by atoms with E-state index in [1.54, 1.807) is 42.5 Å². The largest absolute Gasteiger partial charge is 0.352 e. The number of rotatable bonds is 13. The topological polar surface area (TPSA) is 86.8 Å². The molecule has 0 bridgehead atoms. The maximum Gasteiger partial charge on any atom is 0.264 e. The minimum Gasteiger partial charge on any atom is -0.352 e. The summed E-state index contributed by atoms with van der Waals surface area (Å²) < 4.78 is 29.1. The van der Waals surface area contributed by atoms with Crippen LogP contribution in [0.4, 0.5) is 5.69 Å². The third-order valence-electron chi connectivity index (χ3n) is 7.43. The molecule has 4 rings (SSSR count). The van der Waals surface area contributed by atoms with Gasteiger partial charge in [-0.3, -0.25) is 13.9 Å². The maximum atomic E-state index is 14.5. The predicted octanol–water partition coefficient (Wildman–Crippen LogP) is 6.40. The average Bonchev–Trinajstić information content (AvgIpc) is 3.02. The molecule has 4 aromatic rings. The van der Waals surface area contributed by atoms with Crippen LogP contribution in [0.15, 0.2) is 114 Å². The van der Waals surface area contributed by atoms with Crippen LogP contribution in [0.1, 0.15) is 37.0 Å². The van der Waals surface area contributed by atoms with Crippen molar-refractivity contribution in [3.63, 3.8) is 0 Å². The Kier molecular flexibility index (Phi) is 11.2. The summed E-state index contributed by atoms with van der Waals surface area (Å²) in [5.74, 6) is -0.811. The van der Waals surface area contributed by atoms with Crippen LogP contribution in [0.3, 0.4) is 0 Å². The Morgan fingerprint density at radius 1 is 0.841 bits per heavy atom. The van der Waals surface area contributed by atoms with Crippen molar-refractivity contribution < 1.29 is 18.0 Å². The Bertz CT molecular complexity index is 1650. The molecule has 0 saturated heterocycles. The Morgan fingerprint density at radius 3 is 2.07 bits per heavy atom. The second-order valence-electron chi connectivity index (χ2n) is 10.8. The maximum absolute atomic E-state index is 14.5. The van der Waals surface area contributed by atoms with Crippen LogP contribution in [0.2, 0.25) is 5.02 Å². The number of nitrogens with zero attached hydrogens (tertiary/aromatic N) is 2. The van der Waals surface area contributed by atoms with Crippen LogP contribution >= 0.6 is 11.6 Å². The number of sulfonamides is 1. The van der Waals surface area contributed by atoms with E-state index in [1.165, 1.54) is 17.0 Å². The van der Waals surface area contributed by atoms with Crippen LogP contribution in [0.5, 0.6) is 0 Å². The molecule has 0 aliphatic heterocycles. The molecule has 0 aliphatic rings. The van der Waals surface area contributed by atoms with Crippen molar-refractivity contribution in [2.75, 3.05) is 10.8 Å². The van der Waals surface area contributed by atoms with Crippen molar-refractivity contribution in [3.05, 3.63) is 131 Å². The summed E-state index contributed by atoms with van der Waals surface area (Å²) in [5, 5.41) is 3.48. The molecule has 7 nitrogen and oxygen atoms in total. The molecule has 0 radical (unpaired) electrons. The van der Waals surface area contributed by atoms with Crippen molar-refractivity contribution >= 4 is 39.1 Å². The monoisotopic (exact) mass is 631 g/mol. The van der Waals surface area contributed by atoms with Gasteiger partial charge >= 0.3 is 0 Å². The van der Waals surface area contributed by atoms with E-state index in [0.29, 0.717) is 5.02 Å². The molecular formula is C35H38ClN3O4S. The van der Waals surface area contributed by atoms with Crippen LogP contribution in [-0.2, 0) is 32.6 Å². The van der Waals surface area contributed by atoms with Crippen molar-refractivity contribution in [3.8, 4) is 0 Å². The molecule has 1 N–H and O–H groups in total. The average molecular weight is 632 g/mol. The molecule has 0 aromatic heterocycles. The third kappa shape index (κ3) is 8.49. The van der Waals surface area contributed by atoms with Gasteiger partial charge in [-0.2, -0.15) is 0 Å². The summed E-state index contributed by atoms with van der Waals surface area (Å²) in [4.78, 5) is 29.9. The second kappa shape index (κ2) is 15.0.